The number of carbonyl (C=O) groups excluding carboxylic acids is 1. The lowest BCUT2D eigenvalue weighted by atomic mass is 10.0. The molecular formula is C21H42N2O3S. The molecule has 0 fully saturated rings. The average Bonchev–Trinajstić information content (AvgIpc) is 2.57. The Morgan fingerprint density at radius 3 is 1.59 bits per heavy atom. The Morgan fingerprint density at radius 1 is 0.815 bits per heavy atom. The molecule has 0 unspecified atom stereocenters. The van der Waals surface area contributed by atoms with Crippen LogP contribution in [0.3, 0.4) is 0 Å². The number of amides is 1. The maximum Gasteiger partial charge on any atom is 0.246 e. The largest absolute Gasteiger partial charge is 0.334 e. The fraction of sp³-hybridized carbons (Fsp3) is 0.762. The summed E-state index contributed by atoms with van der Waals surface area (Å²) in [7, 11) is -3.13. The molecule has 1 amide bonds. The van der Waals surface area contributed by atoms with E-state index < -0.39 is 10.0 Å². The first kappa shape index (κ1) is 28.1. The summed E-state index contributed by atoms with van der Waals surface area (Å²) in [6.07, 6.45) is 7.11. The Morgan fingerprint density at radius 2 is 1.30 bits per heavy atom. The lowest BCUT2D eigenvalue weighted by Gasteiger charge is -2.36. The third-order valence-electron chi connectivity index (χ3n) is 3.68. The molecule has 6 heteroatoms. The minimum atomic E-state index is -3.13. The monoisotopic (exact) mass is 402 g/mol. The van der Waals surface area contributed by atoms with Gasteiger partial charge in [-0.2, -0.15) is 4.31 Å². The summed E-state index contributed by atoms with van der Waals surface area (Å²) in [6, 6.07) is 0. The van der Waals surface area contributed by atoms with Gasteiger partial charge in [0.15, 0.2) is 0 Å². The zero-order chi connectivity index (χ0) is 21.9. The molecule has 0 N–H and O–H groups in total. The van der Waals surface area contributed by atoms with E-state index in [1.807, 2.05) is 59.4 Å². The molecule has 2 rings (SSSR count). The topological polar surface area (TPSA) is 57.7 Å². The van der Waals surface area contributed by atoms with E-state index in [1.165, 1.54) is 9.71 Å². The van der Waals surface area contributed by atoms with E-state index in [0.29, 0.717) is 6.54 Å². The molecule has 0 aromatic rings. The summed E-state index contributed by atoms with van der Waals surface area (Å²) >= 11 is 0. The second-order valence-electron chi connectivity index (χ2n) is 7.80. The van der Waals surface area contributed by atoms with Gasteiger partial charge in [-0.3, -0.25) is 4.79 Å². The highest BCUT2D eigenvalue weighted by atomic mass is 32.2. The highest BCUT2D eigenvalue weighted by Gasteiger charge is 2.31. The maximum atomic E-state index is 11.5. The fourth-order valence-electron chi connectivity index (χ4n) is 2.55. The van der Waals surface area contributed by atoms with Crippen LogP contribution in [-0.2, 0) is 14.8 Å². The quantitative estimate of drug-likeness (QED) is 0.575. The molecule has 5 nitrogen and oxygen atoms in total. The SMILES string of the molecule is CC.CC.CC(C)(C)N1CCC=CC1=O.CC(C)(C)N1CCC=CS1(=O)=O. The van der Waals surface area contributed by atoms with Crippen molar-refractivity contribution in [1.29, 1.82) is 0 Å². The molecule has 27 heavy (non-hydrogen) atoms. The van der Waals surface area contributed by atoms with Gasteiger partial charge in [0, 0.05) is 29.6 Å². The Balaban J connectivity index is 0. The summed E-state index contributed by atoms with van der Waals surface area (Å²) in [4.78, 5) is 13.2. The summed E-state index contributed by atoms with van der Waals surface area (Å²) in [6.45, 7) is 21.4. The van der Waals surface area contributed by atoms with Crippen LogP contribution in [0.1, 0.15) is 82.1 Å². The number of hydrogen-bond acceptors (Lipinski definition) is 3. The van der Waals surface area contributed by atoms with Crippen LogP contribution in [0.2, 0.25) is 0 Å². The summed E-state index contributed by atoms with van der Waals surface area (Å²) < 4.78 is 24.5. The van der Waals surface area contributed by atoms with Crippen LogP contribution in [-0.4, -0.2) is 47.7 Å². The number of nitrogens with zero attached hydrogens (tertiary/aromatic N) is 2. The normalized spacial score (nSPS) is 19.0. The molecule has 0 spiro atoms. The van der Waals surface area contributed by atoms with Gasteiger partial charge >= 0.3 is 0 Å². The van der Waals surface area contributed by atoms with Gasteiger partial charge in [0.1, 0.15) is 0 Å². The van der Waals surface area contributed by atoms with Gasteiger partial charge in [-0.1, -0.05) is 39.8 Å². The van der Waals surface area contributed by atoms with E-state index in [-0.39, 0.29) is 17.0 Å². The third-order valence-corrected chi connectivity index (χ3v) is 5.56. The van der Waals surface area contributed by atoms with Crippen molar-refractivity contribution in [3.05, 3.63) is 23.6 Å². The maximum absolute atomic E-state index is 11.5. The van der Waals surface area contributed by atoms with E-state index >= 15 is 0 Å². The minimum Gasteiger partial charge on any atom is -0.334 e. The first-order valence-corrected chi connectivity index (χ1v) is 11.5. The van der Waals surface area contributed by atoms with Crippen molar-refractivity contribution < 1.29 is 13.2 Å². The lowest BCUT2D eigenvalue weighted by molar-refractivity contribution is -0.131. The smallest absolute Gasteiger partial charge is 0.246 e. The van der Waals surface area contributed by atoms with Crippen molar-refractivity contribution in [1.82, 2.24) is 9.21 Å². The summed E-state index contributed by atoms with van der Waals surface area (Å²) in [5.41, 5.74) is -0.328. The van der Waals surface area contributed by atoms with Crippen LogP contribution in [0.4, 0.5) is 0 Å². The molecule has 0 aliphatic carbocycles. The highest BCUT2D eigenvalue weighted by Crippen LogP contribution is 2.22. The van der Waals surface area contributed by atoms with E-state index in [0.717, 1.165) is 19.4 Å². The zero-order valence-electron chi connectivity index (χ0n) is 19.2. The Kier molecular flexibility index (Phi) is 12.8. The molecule has 0 saturated heterocycles. The van der Waals surface area contributed by atoms with Crippen molar-refractivity contribution in [3.8, 4) is 0 Å². The molecule has 2 aliphatic heterocycles. The van der Waals surface area contributed by atoms with E-state index in [4.69, 9.17) is 0 Å². The van der Waals surface area contributed by atoms with Crippen molar-refractivity contribution in [2.45, 2.75) is 93.2 Å². The van der Waals surface area contributed by atoms with Crippen LogP contribution < -0.4 is 0 Å². The van der Waals surface area contributed by atoms with Gasteiger partial charge in [0.2, 0.25) is 15.9 Å². The van der Waals surface area contributed by atoms with Gasteiger partial charge in [-0.05, 0) is 60.5 Å². The molecule has 0 saturated carbocycles. The molecule has 2 aliphatic rings. The van der Waals surface area contributed by atoms with E-state index in [2.05, 4.69) is 20.8 Å². The van der Waals surface area contributed by atoms with Crippen molar-refractivity contribution in [3.63, 3.8) is 0 Å². The summed E-state index contributed by atoms with van der Waals surface area (Å²) in [5, 5.41) is 1.29. The van der Waals surface area contributed by atoms with E-state index in [9.17, 15) is 13.2 Å². The van der Waals surface area contributed by atoms with E-state index in [1.54, 1.807) is 12.2 Å². The van der Waals surface area contributed by atoms with Crippen molar-refractivity contribution >= 4 is 15.9 Å². The van der Waals surface area contributed by atoms with Crippen LogP contribution in [0.5, 0.6) is 0 Å². The molecule has 0 aromatic carbocycles. The van der Waals surface area contributed by atoms with Crippen molar-refractivity contribution in [2.75, 3.05) is 13.1 Å². The zero-order valence-corrected chi connectivity index (χ0v) is 20.0. The number of rotatable bonds is 0. The minimum absolute atomic E-state index is 0.0259. The number of carbonyl (C=O) groups is 1. The molecule has 160 valence electrons. The standard InChI is InChI=1S/C9H15NO.C8H15NO2S.2C2H6/c1-9(2,3)10-7-5-4-6-8(10)11;1-8(2,3)9-6-4-5-7-12(9,10)11;2*1-2/h4,6H,5,7H2,1-3H3;5,7H,4,6H2,1-3H3;2*1-2H3. The molecule has 0 aromatic heterocycles. The molecule has 2 heterocycles. The average molecular weight is 403 g/mol. The van der Waals surface area contributed by atoms with Gasteiger partial charge in [0.25, 0.3) is 0 Å². The van der Waals surface area contributed by atoms with Crippen LogP contribution in [0, 0.1) is 0 Å². The van der Waals surface area contributed by atoms with Crippen LogP contribution >= 0.6 is 0 Å². The van der Waals surface area contributed by atoms with Crippen molar-refractivity contribution in [2.24, 2.45) is 0 Å². The van der Waals surface area contributed by atoms with Crippen LogP contribution in [0.15, 0.2) is 23.6 Å². The first-order valence-electron chi connectivity index (χ1n) is 10.0. The van der Waals surface area contributed by atoms with Gasteiger partial charge < -0.3 is 4.90 Å². The molecular weight excluding hydrogens is 360 g/mol. The predicted molar refractivity (Wildman–Crippen MR) is 117 cm³/mol. The highest BCUT2D eigenvalue weighted by molar-refractivity contribution is 7.92. The number of sulfonamides is 1. The molecule has 0 bridgehead atoms. The number of hydrogen-bond donors (Lipinski definition) is 0. The Bertz CT molecular complexity index is 580. The fourth-order valence-corrected chi connectivity index (χ4v) is 4.20. The second-order valence-corrected chi connectivity index (χ2v) is 9.54. The molecule has 0 radical (unpaired) electrons. The van der Waals surface area contributed by atoms with Gasteiger partial charge in [0.05, 0.1) is 0 Å². The lowest BCUT2D eigenvalue weighted by Crippen LogP contribution is -2.46. The van der Waals surface area contributed by atoms with Gasteiger partial charge in [-0.15, -0.1) is 0 Å². The first-order chi connectivity index (χ1) is 12.4. The predicted octanol–water partition coefficient (Wildman–Crippen LogP) is 4.96. The summed E-state index contributed by atoms with van der Waals surface area (Å²) in [5.74, 6) is 0.142. The van der Waals surface area contributed by atoms with Gasteiger partial charge in [-0.25, -0.2) is 8.42 Å². The Labute approximate surface area is 168 Å². The third kappa shape index (κ3) is 10.1. The Hall–Kier alpha value is -1.14. The van der Waals surface area contributed by atoms with Crippen LogP contribution in [0.25, 0.3) is 0 Å². The second kappa shape index (κ2) is 12.3. The molecule has 0 atom stereocenters.